The third-order valence-corrected chi connectivity index (χ3v) is 4.20. The summed E-state index contributed by atoms with van der Waals surface area (Å²) in [5, 5.41) is 2.96. The lowest BCUT2D eigenvalue weighted by molar-refractivity contribution is -0.195. The Bertz CT molecular complexity index is 761. The Morgan fingerprint density at radius 2 is 2.04 bits per heavy atom. The van der Waals surface area contributed by atoms with E-state index in [-0.39, 0.29) is 18.8 Å². The molecule has 2 fully saturated rings. The molecule has 4 heterocycles. The number of rotatable bonds is 3. The summed E-state index contributed by atoms with van der Waals surface area (Å²) in [4.78, 5) is 23.5. The topological polar surface area (TPSA) is 101 Å². The zero-order valence-corrected chi connectivity index (χ0v) is 13.0. The van der Waals surface area contributed by atoms with Gasteiger partial charge in [-0.1, -0.05) is 5.18 Å². The van der Waals surface area contributed by atoms with Crippen LogP contribution in [0.2, 0.25) is 0 Å². The number of aromatic nitrogens is 4. The van der Waals surface area contributed by atoms with Gasteiger partial charge in [-0.15, -0.1) is 0 Å². The van der Waals surface area contributed by atoms with Crippen LogP contribution in [0.25, 0.3) is 11.2 Å². The van der Waals surface area contributed by atoms with Gasteiger partial charge in [0.1, 0.15) is 36.7 Å². The van der Waals surface area contributed by atoms with E-state index in [1.807, 2.05) is 20.8 Å². The van der Waals surface area contributed by atoms with Gasteiger partial charge in [0.2, 0.25) is 0 Å². The highest BCUT2D eigenvalue weighted by atomic mass is 16.8. The first-order valence-corrected chi connectivity index (χ1v) is 7.44. The summed E-state index contributed by atoms with van der Waals surface area (Å²) >= 11 is 0. The van der Waals surface area contributed by atoms with Gasteiger partial charge in [-0.05, 0) is 20.8 Å². The number of aryl methyl sites for hydroxylation is 1. The third-order valence-electron chi connectivity index (χ3n) is 4.20. The molecule has 2 aromatic heterocycles. The molecule has 4 rings (SSSR count). The average molecular weight is 319 g/mol. The van der Waals surface area contributed by atoms with Crippen molar-refractivity contribution in [1.29, 1.82) is 0 Å². The molecular weight excluding hydrogens is 302 g/mol. The van der Waals surface area contributed by atoms with E-state index in [0.29, 0.717) is 11.2 Å². The number of ether oxygens (including phenoxy) is 3. The van der Waals surface area contributed by atoms with Crippen LogP contribution in [0.15, 0.2) is 17.8 Å². The summed E-state index contributed by atoms with van der Waals surface area (Å²) in [6, 6.07) is 0. The van der Waals surface area contributed by atoms with Crippen molar-refractivity contribution in [1.82, 2.24) is 19.5 Å². The molecule has 2 aliphatic heterocycles. The van der Waals surface area contributed by atoms with Crippen molar-refractivity contribution in [2.24, 2.45) is 5.18 Å². The number of imidazole rings is 1. The van der Waals surface area contributed by atoms with Crippen molar-refractivity contribution in [2.45, 2.75) is 51.1 Å². The predicted octanol–water partition coefficient (Wildman–Crippen LogP) is 1.32. The van der Waals surface area contributed by atoms with E-state index >= 15 is 0 Å². The molecule has 0 N–H and O–H groups in total. The molecular formula is C14H17N5O4. The van der Waals surface area contributed by atoms with Crippen LogP contribution in [0.3, 0.4) is 0 Å². The second-order valence-corrected chi connectivity index (χ2v) is 6.22. The summed E-state index contributed by atoms with van der Waals surface area (Å²) in [7, 11) is 0. The molecule has 0 radical (unpaired) electrons. The van der Waals surface area contributed by atoms with Crippen molar-refractivity contribution in [2.75, 3.05) is 6.54 Å². The minimum atomic E-state index is -0.736. The Morgan fingerprint density at radius 1 is 1.26 bits per heavy atom. The van der Waals surface area contributed by atoms with Crippen molar-refractivity contribution in [3.8, 4) is 0 Å². The van der Waals surface area contributed by atoms with E-state index < -0.39 is 18.1 Å². The van der Waals surface area contributed by atoms with Crippen molar-refractivity contribution in [3.63, 3.8) is 0 Å². The lowest BCUT2D eigenvalue weighted by Crippen LogP contribution is -2.31. The summed E-state index contributed by atoms with van der Waals surface area (Å²) in [5.41, 5.74) is 2.16. The minimum Gasteiger partial charge on any atom is -0.347 e. The van der Waals surface area contributed by atoms with Crippen LogP contribution < -0.4 is 0 Å². The Hall–Kier alpha value is -1.97. The lowest BCUT2D eigenvalue weighted by Gasteiger charge is -2.24. The average Bonchev–Trinajstić information content (AvgIpc) is 3.13. The number of fused-ring (bicyclic) bond motifs is 2. The van der Waals surface area contributed by atoms with E-state index in [2.05, 4.69) is 20.1 Å². The summed E-state index contributed by atoms with van der Waals surface area (Å²) in [6.45, 7) is 5.56. The molecule has 2 aliphatic rings. The van der Waals surface area contributed by atoms with Crippen LogP contribution in [0.5, 0.6) is 0 Å². The molecule has 9 nitrogen and oxygen atoms in total. The summed E-state index contributed by atoms with van der Waals surface area (Å²) < 4.78 is 19.6. The first kappa shape index (κ1) is 14.6. The van der Waals surface area contributed by atoms with Gasteiger partial charge >= 0.3 is 0 Å². The minimum absolute atomic E-state index is 0.0117. The molecule has 9 heteroatoms. The van der Waals surface area contributed by atoms with Gasteiger partial charge in [0.05, 0.1) is 12.0 Å². The zero-order chi connectivity index (χ0) is 16.2. The largest absolute Gasteiger partial charge is 0.347 e. The fraction of sp³-hybridized carbons (Fsp3) is 0.643. The third kappa shape index (κ3) is 2.23. The number of hydrogen-bond acceptors (Lipinski definition) is 8. The highest BCUT2D eigenvalue weighted by molar-refractivity contribution is 5.72. The fourth-order valence-electron chi connectivity index (χ4n) is 3.26. The molecule has 0 aromatic carbocycles. The van der Waals surface area contributed by atoms with E-state index in [4.69, 9.17) is 14.2 Å². The molecule has 0 bridgehead atoms. The molecule has 0 amide bonds. The molecule has 2 aromatic rings. The van der Waals surface area contributed by atoms with E-state index in [1.165, 1.54) is 6.33 Å². The van der Waals surface area contributed by atoms with Crippen LogP contribution in [-0.4, -0.2) is 50.2 Å². The van der Waals surface area contributed by atoms with E-state index in [1.54, 1.807) is 10.9 Å². The normalized spacial score (nSPS) is 32.3. The van der Waals surface area contributed by atoms with Gasteiger partial charge in [0, 0.05) is 0 Å². The standard InChI is InChI=1S/C14H17N5O4/c1-7-9-12(16-5-15-7)19(6-17-9)13-11-10(8(21-13)4-18-20)22-14(2,3)23-11/h5-6,8,10-11,13H,4H2,1-3H3/t8-,10-,11-,13-/m1/s1. The number of nitroso groups, excluding NO2 is 1. The number of hydrogen-bond donors (Lipinski definition) is 0. The molecule has 4 atom stereocenters. The SMILES string of the molecule is Cc1ncnc2c1ncn2[C@@H]1O[C@H](CN=O)[C@H]2OC(C)(C)O[C@H]21. The Kier molecular flexibility index (Phi) is 3.19. The maximum Gasteiger partial charge on any atom is 0.166 e. The second kappa shape index (κ2) is 5.02. The van der Waals surface area contributed by atoms with E-state index in [0.717, 1.165) is 5.69 Å². The molecule has 122 valence electrons. The Labute approximate surface area is 131 Å². The first-order chi connectivity index (χ1) is 11.0. The van der Waals surface area contributed by atoms with Crippen molar-refractivity contribution in [3.05, 3.63) is 23.3 Å². The maximum atomic E-state index is 10.7. The van der Waals surface area contributed by atoms with Crippen LogP contribution in [0, 0.1) is 11.8 Å². The van der Waals surface area contributed by atoms with Crippen LogP contribution >= 0.6 is 0 Å². The zero-order valence-electron chi connectivity index (χ0n) is 13.0. The summed E-state index contributed by atoms with van der Waals surface area (Å²) in [5.74, 6) is -0.736. The highest BCUT2D eigenvalue weighted by Gasteiger charge is 2.56. The van der Waals surface area contributed by atoms with Crippen LogP contribution in [-0.2, 0) is 14.2 Å². The monoisotopic (exact) mass is 319 g/mol. The van der Waals surface area contributed by atoms with Gasteiger partial charge in [0.15, 0.2) is 17.7 Å². The second-order valence-electron chi connectivity index (χ2n) is 6.22. The van der Waals surface area contributed by atoms with Crippen LogP contribution in [0.1, 0.15) is 25.8 Å². The van der Waals surface area contributed by atoms with Gasteiger partial charge < -0.3 is 14.2 Å². The van der Waals surface area contributed by atoms with Gasteiger partial charge in [-0.3, -0.25) is 4.57 Å². The molecule has 0 unspecified atom stereocenters. The van der Waals surface area contributed by atoms with Gasteiger partial charge in [-0.25, -0.2) is 15.0 Å². The van der Waals surface area contributed by atoms with Crippen LogP contribution in [0.4, 0.5) is 0 Å². The quantitative estimate of drug-likeness (QED) is 0.786. The van der Waals surface area contributed by atoms with E-state index in [9.17, 15) is 4.91 Å². The maximum absolute atomic E-state index is 10.7. The smallest absolute Gasteiger partial charge is 0.166 e. The fourth-order valence-corrected chi connectivity index (χ4v) is 3.26. The molecule has 23 heavy (non-hydrogen) atoms. The van der Waals surface area contributed by atoms with Gasteiger partial charge in [-0.2, -0.15) is 4.91 Å². The molecule has 2 saturated heterocycles. The number of nitrogens with zero attached hydrogens (tertiary/aromatic N) is 5. The van der Waals surface area contributed by atoms with Crippen molar-refractivity contribution < 1.29 is 14.2 Å². The Morgan fingerprint density at radius 3 is 2.83 bits per heavy atom. The first-order valence-electron chi connectivity index (χ1n) is 7.44. The lowest BCUT2D eigenvalue weighted by atomic mass is 10.1. The summed E-state index contributed by atoms with van der Waals surface area (Å²) in [6.07, 6.45) is 1.50. The molecule has 0 aliphatic carbocycles. The van der Waals surface area contributed by atoms with Gasteiger partial charge in [0.25, 0.3) is 0 Å². The highest BCUT2D eigenvalue weighted by Crippen LogP contribution is 2.43. The van der Waals surface area contributed by atoms with Crippen molar-refractivity contribution >= 4 is 11.2 Å². The molecule has 0 spiro atoms. The molecule has 0 saturated carbocycles. The Balaban J connectivity index is 1.75. The predicted molar refractivity (Wildman–Crippen MR) is 78.5 cm³/mol.